The van der Waals surface area contributed by atoms with Crippen molar-refractivity contribution in [3.63, 3.8) is 0 Å². The lowest BCUT2D eigenvalue weighted by Gasteiger charge is -2.32. The van der Waals surface area contributed by atoms with Gasteiger partial charge in [0.1, 0.15) is 0 Å². The Labute approximate surface area is 126 Å². The van der Waals surface area contributed by atoms with Crippen LogP contribution in [-0.4, -0.2) is 25.8 Å². The van der Waals surface area contributed by atoms with Gasteiger partial charge in [-0.05, 0) is 35.1 Å². The van der Waals surface area contributed by atoms with Crippen molar-refractivity contribution >= 4 is 0 Å². The number of rotatable bonds is 1. The number of hydrogen-bond donors (Lipinski definition) is 1. The molecule has 1 aliphatic heterocycles. The van der Waals surface area contributed by atoms with Crippen LogP contribution < -0.4 is 5.32 Å². The van der Waals surface area contributed by atoms with Crippen molar-refractivity contribution in [1.29, 1.82) is 0 Å². The normalized spacial score (nSPS) is 22.2. The van der Waals surface area contributed by atoms with Crippen LogP contribution in [0.25, 0.3) is 0 Å². The molecule has 2 aromatic carbocycles. The van der Waals surface area contributed by atoms with Gasteiger partial charge in [-0.15, -0.1) is 0 Å². The number of morpholine rings is 1. The van der Waals surface area contributed by atoms with Crippen molar-refractivity contribution in [2.24, 2.45) is 0 Å². The molecule has 2 nitrogen and oxygen atoms in total. The maximum Gasteiger partial charge on any atom is 0.0809 e. The monoisotopic (exact) mass is 279 g/mol. The maximum atomic E-state index is 6.12. The van der Waals surface area contributed by atoms with Gasteiger partial charge >= 0.3 is 0 Å². The van der Waals surface area contributed by atoms with E-state index in [4.69, 9.17) is 4.74 Å². The third kappa shape index (κ3) is 2.39. The van der Waals surface area contributed by atoms with E-state index < -0.39 is 0 Å². The van der Waals surface area contributed by atoms with Crippen LogP contribution in [0, 0.1) is 0 Å². The minimum Gasteiger partial charge on any atom is -0.375 e. The fourth-order valence-corrected chi connectivity index (χ4v) is 3.77. The average Bonchev–Trinajstić information content (AvgIpc) is 2.72. The van der Waals surface area contributed by atoms with E-state index in [2.05, 4.69) is 53.8 Å². The first kappa shape index (κ1) is 13.1. The molecule has 1 fully saturated rings. The Morgan fingerprint density at radius 1 is 0.857 bits per heavy atom. The van der Waals surface area contributed by atoms with E-state index in [1.165, 1.54) is 22.3 Å². The Morgan fingerprint density at radius 3 is 2.05 bits per heavy atom. The van der Waals surface area contributed by atoms with Crippen LogP contribution in [-0.2, 0) is 17.6 Å². The molecular weight excluding hydrogens is 258 g/mol. The molecule has 0 bridgehead atoms. The number of nitrogens with one attached hydrogen (secondary N) is 1. The molecule has 1 unspecified atom stereocenters. The van der Waals surface area contributed by atoms with Gasteiger partial charge in [0.25, 0.3) is 0 Å². The number of fused-ring (bicyclic) bond motifs is 2. The number of aryl methyl sites for hydroxylation is 2. The van der Waals surface area contributed by atoms with Gasteiger partial charge in [-0.25, -0.2) is 0 Å². The molecule has 0 amide bonds. The maximum absolute atomic E-state index is 6.12. The second-order valence-electron chi connectivity index (χ2n) is 5.99. The van der Waals surface area contributed by atoms with Crippen molar-refractivity contribution in [3.8, 4) is 0 Å². The molecule has 1 heterocycles. The Kier molecular flexibility index (Phi) is 3.50. The summed E-state index contributed by atoms with van der Waals surface area (Å²) in [6.07, 6.45) is 2.49. The molecule has 1 atom stereocenters. The van der Waals surface area contributed by atoms with Gasteiger partial charge in [-0.2, -0.15) is 0 Å². The largest absolute Gasteiger partial charge is 0.375 e. The van der Waals surface area contributed by atoms with Gasteiger partial charge in [0.2, 0.25) is 0 Å². The molecule has 0 spiro atoms. The molecule has 1 aliphatic carbocycles. The van der Waals surface area contributed by atoms with Crippen LogP contribution in [0.4, 0.5) is 0 Å². The van der Waals surface area contributed by atoms with Crippen LogP contribution >= 0.6 is 0 Å². The van der Waals surface area contributed by atoms with Crippen LogP contribution in [0.3, 0.4) is 0 Å². The molecule has 0 saturated carbocycles. The van der Waals surface area contributed by atoms with Crippen LogP contribution in [0.2, 0.25) is 0 Å². The highest BCUT2D eigenvalue weighted by atomic mass is 16.5. The lowest BCUT2D eigenvalue weighted by molar-refractivity contribution is 0.0186. The van der Waals surface area contributed by atoms with Gasteiger partial charge in [-0.3, -0.25) is 0 Å². The van der Waals surface area contributed by atoms with Gasteiger partial charge in [0, 0.05) is 19.0 Å². The van der Waals surface area contributed by atoms with E-state index in [9.17, 15) is 0 Å². The molecule has 4 rings (SSSR count). The standard InChI is InChI=1S/C19H21NO/c1-3-7-16-14(5-1)9-10-15-6-2-4-8-17(15)19(16)18-13-20-11-12-21-18/h1-8,18-20H,9-13H2. The van der Waals surface area contributed by atoms with E-state index in [0.29, 0.717) is 5.92 Å². The zero-order valence-corrected chi connectivity index (χ0v) is 12.2. The lowest BCUT2D eigenvalue weighted by atomic mass is 9.83. The topological polar surface area (TPSA) is 21.3 Å². The summed E-state index contributed by atoms with van der Waals surface area (Å²) in [7, 11) is 0. The predicted octanol–water partition coefficient (Wildman–Crippen LogP) is 2.91. The fraction of sp³-hybridized carbons (Fsp3) is 0.368. The summed E-state index contributed by atoms with van der Waals surface area (Å²) < 4.78 is 6.12. The van der Waals surface area contributed by atoms with Crippen LogP contribution in [0.1, 0.15) is 28.2 Å². The first-order valence-electron chi connectivity index (χ1n) is 7.91. The van der Waals surface area contributed by atoms with Crippen LogP contribution in [0.5, 0.6) is 0 Å². The molecule has 21 heavy (non-hydrogen) atoms. The zero-order chi connectivity index (χ0) is 14.1. The van der Waals surface area contributed by atoms with E-state index in [-0.39, 0.29) is 6.10 Å². The number of hydrogen-bond acceptors (Lipinski definition) is 2. The quantitative estimate of drug-likeness (QED) is 0.866. The molecule has 2 aliphatic rings. The third-order valence-corrected chi connectivity index (χ3v) is 4.77. The molecule has 2 aromatic rings. The smallest absolute Gasteiger partial charge is 0.0809 e. The SMILES string of the molecule is c1ccc2c(c1)CCc1ccccc1C2C1CNCCO1. The highest BCUT2D eigenvalue weighted by Gasteiger charge is 2.31. The van der Waals surface area contributed by atoms with Gasteiger partial charge in [-0.1, -0.05) is 48.5 Å². The van der Waals surface area contributed by atoms with Crippen molar-refractivity contribution in [3.05, 3.63) is 70.8 Å². The fourth-order valence-electron chi connectivity index (χ4n) is 3.77. The second-order valence-corrected chi connectivity index (χ2v) is 5.99. The first-order valence-corrected chi connectivity index (χ1v) is 7.91. The Balaban J connectivity index is 1.85. The van der Waals surface area contributed by atoms with Crippen molar-refractivity contribution in [1.82, 2.24) is 5.32 Å². The molecule has 108 valence electrons. The van der Waals surface area contributed by atoms with Crippen molar-refractivity contribution < 1.29 is 4.74 Å². The van der Waals surface area contributed by atoms with E-state index in [1.54, 1.807) is 0 Å². The summed E-state index contributed by atoms with van der Waals surface area (Å²) in [5.74, 6) is 0.354. The highest BCUT2D eigenvalue weighted by Crippen LogP contribution is 2.37. The van der Waals surface area contributed by atoms with Crippen molar-refractivity contribution in [2.45, 2.75) is 24.9 Å². The van der Waals surface area contributed by atoms with Crippen molar-refractivity contribution in [2.75, 3.05) is 19.7 Å². The van der Waals surface area contributed by atoms with E-state index >= 15 is 0 Å². The minimum atomic E-state index is 0.235. The Hall–Kier alpha value is -1.64. The van der Waals surface area contributed by atoms with Gasteiger partial charge in [0.05, 0.1) is 12.7 Å². The van der Waals surface area contributed by atoms with Gasteiger partial charge < -0.3 is 10.1 Å². The highest BCUT2D eigenvalue weighted by molar-refractivity contribution is 5.46. The summed E-state index contributed by atoms with van der Waals surface area (Å²) in [5, 5.41) is 3.49. The molecule has 2 heteroatoms. The van der Waals surface area contributed by atoms with E-state index in [1.807, 2.05) is 0 Å². The Morgan fingerprint density at radius 2 is 1.48 bits per heavy atom. The minimum absolute atomic E-state index is 0.235. The summed E-state index contributed by atoms with van der Waals surface area (Å²) in [4.78, 5) is 0. The number of benzene rings is 2. The van der Waals surface area contributed by atoms with E-state index in [0.717, 1.165) is 32.5 Å². The molecule has 0 aromatic heterocycles. The summed E-state index contributed by atoms with van der Waals surface area (Å²) in [6, 6.07) is 17.8. The number of ether oxygens (including phenoxy) is 1. The molecule has 1 N–H and O–H groups in total. The molecular formula is C19H21NO. The van der Waals surface area contributed by atoms with Crippen LogP contribution in [0.15, 0.2) is 48.5 Å². The average molecular weight is 279 g/mol. The second kappa shape index (κ2) is 5.63. The predicted molar refractivity (Wildman–Crippen MR) is 84.7 cm³/mol. The summed E-state index contributed by atoms with van der Waals surface area (Å²) in [6.45, 7) is 2.71. The zero-order valence-electron chi connectivity index (χ0n) is 12.2. The lowest BCUT2D eigenvalue weighted by Crippen LogP contribution is -2.42. The first-order chi connectivity index (χ1) is 10.4. The summed E-state index contributed by atoms with van der Waals surface area (Å²) >= 11 is 0. The third-order valence-electron chi connectivity index (χ3n) is 4.77. The van der Waals surface area contributed by atoms with Gasteiger partial charge in [0.15, 0.2) is 0 Å². The summed E-state index contributed by atoms with van der Waals surface area (Å²) in [5.41, 5.74) is 5.87. The molecule has 0 radical (unpaired) electrons. The molecule has 1 saturated heterocycles. The Bertz CT molecular complexity index is 583.